The van der Waals surface area contributed by atoms with Crippen LogP contribution >= 0.6 is 0 Å². The summed E-state index contributed by atoms with van der Waals surface area (Å²) in [5.74, 6) is 0.138. The molecule has 3 N–H and O–H groups in total. The maximum atomic E-state index is 12.0. The van der Waals surface area contributed by atoms with Gasteiger partial charge in [0.1, 0.15) is 0 Å². The van der Waals surface area contributed by atoms with Crippen LogP contribution in [0.2, 0.25) is 0 Å². The Balaban J connectivity index is 2.84. The number of carbonyl (C=O) groups is 1. The molecule has 1 amide bonds. The largest absolute Gasteiger partial charge is 0.349 e. The van der Waals surface area contributed by atoms with E-state index in [1.54, 1.807) is 0 Å². The summed E-state index contributed by atoms with van der Waals surface area (Å²) >= 11 is 0. The Kier molecular flexibility index (Phi) is 5.08. The Morgan fingerprint density at radius 1 is 1.26 bits per heavy atom. The van der Waals surface area contributed by atoms with Crippen LogP contribution < -0.4 is 10.5 Å². The van der Waals surface area contributed by atoms with Gasteiger partial charge < -0.3 is 5.32 Å². The maximum Gasteiger partial charge on any atom is 0.251 e. The average molecular weight is 284 g/mol. The number of nitrogens with one attached hydrogen (secondary N) is 1. The smallest absolute Gasteiger partial charge is 0.251 e. The van der Waals surface area contributed by atoms with Crippen molar-refractivity contribution in [1.82, 2.24) is 5.32 Å². The molecule has 6 heteroatoms. The van der Waals surface area contributed by atoms with Gasteiger partial charge in [-0.15, -0.1) is 0 Å². The second kappa shape index (κ2) is 6.16. The molecule has 0 saturated heterocycles. The molecule has 0 bridgehead atoms. The molecule has 1 rings (SSSR count). The minimum absolute atomic E-state index is 0.0000453. The van der Waals surface area contributed by atoms with Gasteiger partial charge in [-0.1, -0.05) is 20.8 Å². The topological polar surface area (TPSA) is 89.3 Å². The van der Waals surface area contributed by atoms with Crippen LogP contribution in [-0.2, 0) is 10.0 Å². The highest BCUT2D eigenvalue weighted by Crippen LogP contribution is 2.11. The zero-order chi connectivity index (χ0) is 14.6. The van der Waals surface area contributed by atoms with Gasteiger partial charge in [0.05, 0.1) is 4.90 Å². The van der Waals surface area contributed by atoms with Crippen molar-refractivity contribution >= 4 is 15.9 Å². The molecule has 0 aliphatic heterocycles. The number of sulfonamides is 1. The van der Waals surface area contributed by atoms with E-state index in [9.17, 15) is 13.2 Å². The van der Waals surface area contributed by atoms with Gasteiger partial charge in [-0.25, -0.2) is 13.6 Å². The molecule has 1 aromatic rings. The summed E-state index contributed by atoms with van der Waals surface area (Å²) in [6, 6.07) is 5.69. The maximum absolute atomic E-state index is 12.0. The van der Waals surface area contributed by atoms with Crippen molar-refractivity contribution in [3.63, 3.8) is 0 Å². The van der Waals surface area contributed by atoms with Crippen LogP contribution in [0.15, 0.2) is 29.2 Å². The van der Waals surface area contributed by atoms with E-state index in [2.05, 4.69) is 5.32 Å². The fraction of sp³-hybridized carbons (Fsp3) is 0.462. The van der Waals surface area contributed by atoms with Crippen molar-refractivity contribution in [2.75, 3.05) is 0 Å². The van der Waals surface area contributed by atoms with Crippen molar-refractivity contribution in [3.05, 3.63) is 29.8 Å². The van der Waals surface area contributed by atoms with E-state index in [1.165, 1.54) is 24.3 Å². The minimum atomic E-state index is -3.72. The Morgan fingerprint density at radius 2 is 1.79 bits per heavy atom. The molecule has 5 nitrogen and oxygen atoms in total. The minimum Gasteiger partial charge on any atom is -0.349 e. The van der Waals surface area contributed by atoms with Crippen LogP contribution in [0.5, 0.6) is 0 Å². The molecule has 0 aliphatic rings. The van der Waals surface area contributed by atoms with Gasteiger partial charge in [0.2, 0.25) is 10.0 Å². The number of benzene rings is 1. The molecule has 19 heavy (non-hydrogen) atoms. The number of primary sulfonamides is 1. The Bertz CT molecular complexity index is 536. The first-order chi connectivity index (χ1) is 8.75. The first kappa shape index (κ1) is 15.7. The summed E-state index contributed by atoms with van der Waals surface area (Å²) in [6.07, 6.45) is 0.846. The fourth-order valence-electron chi connectivity index (χ4n) is 1.79. The molecule has 0 saturated carbocycles. The Hall–Kier alpha value is -1.40. The Labute approximate surface area is 114 Å². The van der Waals surface area contributed by atoms with E-state index in [0.29, 0.717) is 11.5 Å². The zero-order valence-electron chi connectivity index (χ0n) is 11.4. The van der Waals surface area contributed by atoms with Gasteiger partial charge in [-0.3, -0.25) is 4.79 Å². The lowest BCUT2D eigenvalue weighted by atomic mass is 10.0. The third-order valence-corrected chi connectivity index (χ3v) is 3.94. The van der Waals surface area contributed by atoms with Gasteiger partial charge >= 0.3 is 0 Å². The van der Waals surface area contributed by atoms with Crippen LogP contribution in [-0.4, -0.2) is 20.4 Å². The number of hydrogen-bond acceptors (Lipinski definition) is 3. The first-order valence-corrected chi connectivity index (χ1v) is 7.74. The summed E-state index contributed by atoms with van der Waals surface area (Å²) in [5.41, 5.74) is 0.423. The summed E-state index contributed by atoms with van der Waals surface area (Å²) in [6.45, 7) is 6.09. The van der Waals surface area contributed by atoms with Gasteiger partial charge in [0.15, 0.2) is 0 Å². The molecular formula is C13H20N2O3S. The van der Waals surface area contributed by atoms with Crippen molar-refractivity contribution < 1.29 is 13.2 Å². The molecule has 0 spiro atoms. The normalized spacial score (nSPS) is 13.3. The van der Waals surface area contributed by atoms with Crippen molar-refractivity contribution in [1.29, 1.82) is 0 Å². The standard InChI is InChI=1S/C13H20N2O3S/c1-4-12(9(2)3)15-13(16)10-5-7-11(8-6-10)19(14,17)18/h5-9,12H,4H2,1-3H3,(H,15,16)(H2,14,17,18). The van der Waals surface area contributed by atoms with E-state index in [0.717, 1.165) is 6.42 Å². The lowest BCUT2D eigenvalue weighted by Crippen LogP contribution is -2.38. The molecule has 0 aliphatic carbocycles. The van der Waals surface area contributed by atoms with Crippen LogP contribution in [0.25, 0.3) is 0 Å². The molecule has 0 radical (unpaired) electrons. The highest BCUT2D eigenvalue weighted by Gasteiger charge is 2.16. The molecule has 0 heterocycles. The third-order valence-electron chi connectivity index (χ3n) is 3.01. The number of amides is 1. The molecule has 1 aromatic carbocycles. The van der Waals surface area contributed by atoms with E-state index >= 15 is 0 Å². The van der Waals surface area contributed by atoms with Gasteiger partial charge in [-0.05, 0) is 36.6 Å². The molecule has 1 unspecified atom stereocenters. The monoisotopic (exact) mass is 284 g/mol. The van der Waals surface area contributed by atoms with Gasteiger partial charge in [0, 0.05) is 11.6 Å². The van der Waals surface area contributed by atoms with E-state index in [4.69, 9.17) is 5.14 Å². The van der Waals surface area contributed by atoms with Crippen LogP contribution in [0.4, 0.5) is 0 Å². The summed E-state index contributed by atoms with van der Waals surface area (Å²) in [5, 5.41) is 7.92. The quantitative estimate of drug-likeness (QED) is 0.858. The van der Waals surface area contributed by atoms with E-state index < -0.39 is 10.0 Å². The van der Waals surface area contributed by atoms with E-state index in [1.807, 2.05) is 20.8 Å². The van der Waals surface area contributed by atoms with Crippen LogP contribution in [0.1, 0.15) is 37.6 Å². The summed E-state index contributed by atoms with van der Waals surface area (Å²) in [4.78, 5) is 12.0. The van der Waals surface area contributed by atoms with Crippen molar-refractivity contribution in [3.8, 4) is 0 Å². The lowest BCUT2D eigenvalue weighted by molar-refractivity contribution is 0.0924. The lowest BCUT2D eigenvalue weighted by Gasteiger charge is -2.20. The second-order valence-electron chi connectivity index (χ2n) is 4.80. The van der Waals surface area contributed by atoms with Crippen molar-refractivity contribution in [2.24, 2.45) is 11.1 Å². The molecule has 0 aromatic heterocycles. The molecule has 1 atom stereocenters. The van der Waals surface area contributed by atoms with E-state index in [-0.39, 0.29) is 16.8 Å². The highest BCUT2D eigenvalue weighted by molar-refractivity contribution is 7.89. The molecular weight excluding hydrogens is 264 g/mol. The molecule has 0 fully saturated rings. The van der Waals surface area contributed by atoms with Crippen LogP contribution in [0, 0.1) is 5.92 Å². The van der Waals surface area contributed by atoms with Crippen molar-refractivity contribution in [2.45, 2.75) is 38.1 Å². The number of carbonyl (C=O) groups excluding carboxylic acids is 1. The number of hydrogen-bond donors (Lipinski definition) is 2. The van der Waals surface area contributed by atoms with Gasteiger partial charge in [-0.2, -0.15) is 0 Å². The number of rotatable bonds is 5. The molecule has 106 valence electrons. The van der Waals surface area contributed by atoms with Gasteiger partial charge in [0.25, 0.3) is 5.91 Å². The average Bonchev–Trinajstić information content (AvgIpc) is 2.34. The predicted molar refractivity (Wildman–Crippen MR) is 74.2 cm³/mol. The second-order valence-corrected chi connectivity index (χ2v) is 6.36. The SMILES string of the molecule is CCC(NC(=O)c1ccc(S(N)(=O)=O)cc1)C(C)C. The Morgan fingerprint density at radius 3 is 2.16 bits per heavy atom. The highest BCUT2D eigenvalue weighted by atomic mass is 32.2. The first-order valence-electron chi connectivity index (χ1n) is 6.19. The summed E-state index contributed by atoms with van der Waals surface area (Å²) in [7, 11) is -3.72. The zero-order valence-corrected chi connectivity index (χ0v) is 12.2. The third kappa shape index (κ3) is 4.33. The summed E-state index contributed by atoms with van der Waals surface area (Å²) < 4.78 is 22.2. The van der Waals surface area contributed by atoms with Crippen LogP contribution in [0.3, 0.4) is 0 Å². The predicted octanol–water partition coefficient (Wildman–Crippen LogP) is 1.50. The fourth-order valence-corrected chi connectivity index (χ4v) is 2.30. The number of nitrogens with two attached hydrogens (primary N) is 1.